The SMILES string of the molecule is CC(C)(C)NCCC(=O)Nc1ccc(O)cc1. The third-order valence-electron chi connectivity index (χ3n) is 2.16. The highest BCUT2D eigenvalue weighted by Gasteiger charge is 2.09. The number of rotatable bonds is 4. The maximum absolute atomic E-state index is 11.6. The van der Waals surface area contributed by atoms with Gasteiger partial charge >= 0.3 is 0 Å². The van der Waals surface area contributed by atoms with E-state index in [2.05, 4.69) is 31.4 Å². The Morgan fingerprint density at radius 1 is 1.24 bits per heavy atom. The molecule has 0 saturated carbocycles. The van der Waals surface area contributed by atoms with Crippen LogP contribution in [0.3, 0.4) is 0 Å². The Bertz CT molecular complexity index is 366. The zero-order valence-corrected chi connectivity index (χ0v) is 10.6. The lowest BCUT2D eigenvalue weighted by Gasteiger charge is -2.20. The first-order valence-corrected chi connectivity index (χ1v) is 5.71. The average Bonchev–Trinajstić information content (AvgIpc) is 2.19. The Labute approximate surface area is 102 Å². The molecule has 1 amide bonds. The number of phenolic OH excluding ortho intramolecular Hbond substituents is 1. The Balaban J connectivity index is 2.32. The van der Waals surface area contributed by atoms with Gasteiger partial charge in [-0.3, -0.25) is 4.79 Å². The van der Waals surface area contributed by atoms with Gasteiger partial charge in [0.15, 0.2) is 0 Å². The summed E-state index contributed by atoms with van der Waals surface area (Å²) in [5.74, 6) is 0.157. The van der Waals surface area contributed by atoms with E-state index in [0.717, 1.165) is 0 Å². The first kappa shape index (κ1) is 13.5. The molecule has 4 heteroatoms. The number of hydrogen-bond acceptors (Lipinski definition) is 3. The number of carbonyl (C=O) groups excluding carboxylic acids is 1. The van der Waals surface area contributed by atoms with Crippen LogP contribution in [0.25, 0.3) is 0 Å². The monoisotopic (exact) mass is 236 g/mol. The highest BCUT2D eigenvalue weighted by atomic mass is 16.3. The minimum absolute atomic E-state index is 0.0266. The highest BCUT2D eigenvalue weighted by molar-refractivity contribution is 5.90. The van der Waals surface area contributed by atoms with Gasteiger partial charge in [-0.2, -0.15) is 0 Å². The number of hydrogen-bond donors (Lipinski definition) is 3. The molecule has 0 aliphatic rings. The molecule has 0 fully saturated rings. The molecule has 0 heterocycles. The van der Waals surface area contributed by atoms with Gasteiger partial charge in [0.05, 0.1) is 0 Å². The smallest absolute Gasteiger partial charge is 0.225 e. The van der Waals surface area contributed by atoms with Gasteiger partial charge in [-0.15, -0.1) is 0 Å². The topological polar surface area (TPSA) is 61.4 Å². The number of amides is 1. The van der Waals surface area contributed by atoms with Crippen molar-refractivity contribution >= 4 is 11.6 Å². The first-order chi connectivity index (χ1) is 7.87. The molecule has 4 nitrogen and oxygen atoms in total. The predicted molar refractivity (Wildman–Crippen MR) is 69.1 cm³/mol. The van der Waals surface area contributed by atoms with Gasteiger partial charge in [0.1, 0.15) is 5.75 Å². The Morgan fingerprint density at radius 3 is 2.35 bits per heavy atom. The van der Waals surface area contributed by atoms with Crippen molar-refractivity contribution in [3.05, 3.63) is 24.3 Å². The van der Waals surface area contributed by atoms with Crippen LogP contribution in [-0.4, -0.2) is 23.1 Å². The standard InChI is InChI=1S/C13H20N2O2/c1-13(2,3)14-9-8-12(17)15-10-4-6-11(16)7-5-10/h4-7,14,16H,8-9H2,1-3H3,(H,15,17). The second-order valence-electron chi connectivity index (χ2n) is 5.02. The van der Waals surface area contributed by atoms with E-state index in [4.69, 9.17) is 5.11 Å². The summed E-state index contributed by atoms with van der Waals surface area (Å²) in [7, 11) is 0. The van der Waals surface area contributed by atoms with Gasteiger partial charge in [0, 0.05) is 24.2 Å². The fraction of sp³-hybridized carbons (Fsp3) is 0.462. The predicted octanol–water partition coefficient (Wildman–Crippen LogP) is 2.11. The molecule has 0 aromatic heterocycles. The van der Waals surface area contributed by atoms with Crippen LogP contribution in [0.15, 0.2) is 24.3 Å². The molecule has 0 bridgehead atoms. The summed E-state index contributed by atoms with van der Waals surface area (Å²) >= 11 is 0. The first-order valence-electron chi connectivity index (χ1n) is 5.71. The average molecular weight is 236 g/mol. The van der Waals surface area contributed by atoms with Crippen molar-refractivity contribution in [2.45, 2.75) is 32.7 Å². The summed E-state index contributed by atoms with van der Waals surface area (Å²) in [6, 6.07) is 6.43. The van der Waals surface area contributed by atoms with E-state index in [1.807, 2.05) is 0 Å². The Hall–Kier alpha value is -1.55. The van der Waals surface area contributed by atoms with Crippen LogP contribution in [-0.2, 0) is 4.79 Å². The fourth-order valence-electron chi connectivity index (χ4n) is 1.32. The van der Waals surface area contributed by atoms with Crippen molar-refractivity contribution in [3.8, 4) is 5.75 Å². The Kier molecular flexibility index (Phi) is 4.52. The highest BCUT2D eigenvalue weighted by Crippen LogP contribution is 2.13. The maximum Gasteiger partial charge on any atom is 0.225 e. The van der Waals surface area contributed by atoms with Crippen molar-refractivity contribution in [1.29, 1.82) is 0 Å². The summed E-state index contributed by atoms with van der Waals surface area (Å²) in [6.45, 7) is 6.83. The molecule has 1 aromatic rings. The molecule has 94 valence electrons. The zero-order chi connectivity index (χ0) is 12.9. The van der Waals surface area contributed by atoms with Crippen molar-refractivity contribution < 1.29 is 9.90 Å². The van der Waals surface area contributed by atoms with E-state index < -0.39 is 0 Å². The van der Waals surface area contributed by atoms with Crippen LogP contribution >= 0.6 is 0 Å². The van der Waals surface area contributed by atoms with Crippen molar-refractivity contribution in [2.75, 3.05) is 11.9 Å². The van der Waals surface area contributed by atoms with E-state index in [1.165, 1.54) is 0 Å². The van der Waals surface area contributed by atoms with Gasteiger partial charge in [-0.25, -0.2) is 0 Å². The Morgan fingerprint density at radius 2 is 1.82 bits per heavy atom. The molecular formula is C13H20N2O2. The third-order valence-corrected chi connectivity index (χ3v) is 2.16. The summed E-state index contributed by atoms with van der Waals surface area (Å²) in [5.41, 5.74) is 0.724. The van der Waals surface area contributed by atoms with E-state index in [-0.39, 0.29) is 17.2 Å². The van der Waals surface area contributed by atoms with Gasteiger partial charge < -0.3 is 15.7 Å². The molecule has 17 heavy (non-hydrogen) atoms. The van der Waals surface area contributed by atoms with Gasteiger partial charge in [0.25, 0.3) is 0 Å². The maximum atomic E-state index is 11.6. The summed E-state index contributed by atoms with van der Waals surface area (Å²) < 4.78 is 0. The van der Waals surface area contributed by atoms with Crippen LogP contribution in [0.1, 0.15) is 27.2 Å². The number of nitrogens with one attached hydrogen (secondary N) is 2. The van der Waals surface area contributed by atoms with Crippen molar-refractivity contribution in [2.24, 2.45) is 0 Å². The number of benzene rings is 1. The molecule has 0 aliphatic heterocycles. The molecule has 0 aliphatic carbocycles. The van der Waals surface area contributed by atoms with E-state index >= 15 is 0 Å². The molecule has 0 saturated heterocycles. The minimum Gasteiger partial charge on any atom is -0.508 e. The van der Waals surface area contributed by atoms with Crippen LogP contribution in [0.2, 0.25) is 0 Å². The summed E-state index contributed by atoms with van der Waals surface area (Å²) in [6.07, 6.45) is 0.429. The lowest BCUT2D eigenvalue weighted by Crippen LogP contribution is -2.37. The van der Waals surface area contributed by atoms with Crippen LogP contribution in [0.5, 0.6) is 5.75 Å². The molecule has 1 rings (SSSR count). The van der Waals surface area contributed by atoms with Gasteiger partial charge in [-0.1, -0.05) is 0 Å². The minimum atomic E-state index is -0.0348. The molecule has 0 spiro atoms. The van der Waals surface area contributed by atoms with Crippen molar-refractivity contribution in [1.82, 2.24) is 5.32 Å². The normalized spacial score (nSPS) is 11.2. The number of aromatic hydroxyl groups is 1. The third kappa shape index (κ3) is 5.92. The molecule has 1 aromatic carbocycles. The second kappa shape index (κ2) is 5.68. The zero-order valence-electron chi connectivity index (χ0n) is 10.6. The van der Waals surface area contributed by atoms with E-state index in [1.54, 1.807) is 24.3 Å². The number of phenols is 1. The number of anilines is 1. The van der Waals surface area contributed by atoms with Crippen LogP contribution < -0.4 is 10.6 Å². The molecule has 0 atom stereocenters. The summed E-state index contributed by atoms with van der Waals surface area (Å²) in [4.78, 5) is 11.6. The fourth-order valence-corrected chi connectivity index (χ4v) is 1.32. The van der Waals surface area contributed by atoms with Crippen molar-refractivity contribution in [3.63, 3.8) is 0 Å². The van der Waals surface area contributed by atoms with Gasteiger partial charge in [0.2, 0.25) is 5.91 Å². The molecular weight excluding hydrogens is 216 g/mol. The molecule has 3 N–H and O–H groups in total. The van der Waals surface area contributed by atoms with E-state index in [0.29, 0.717) is 18.7 Å². The largest absolute Gasteiger partial charge is 0.508 e. The lowest BCUT2D eigenvalue weighted by molar-refractivity contribution is -0.116. The van der Waals surface area contributed by atoms with Crippen LogP contribution in [0, 0.1) is 0 Å². The van der Waals surface area contributed by atoms with Gasteiger partial charge in [-0.05, 0) is 45.0 Å². The molecule has 0 radical (unpaired) electrons. The second-order valence-corrected chi connectivity index (χ2v) is 5.02. The number of carbonyl (C=O) groups is 1. The quantitative estimate of drug-likeness (QED) is 0.702. The summed E-state index contributed by atoms with van der Waals surface area (Å²) in [5, 5.41) is 15.1. The van der Waals surface area contributed by atoms with E-state index in [9.17, 15) is 4.79 Å². The molecule has 0 unspecified atom stereocenters. The lowest BCUT2D eigenvalue weighted by atomic mass is 10.1. The van der Waals surface area contributed by atoms with Crippen LogP contribution in [0.4, 0.5) is 5.69 Å².